The SMILES string of the molecule is COCCOc1ccc(C(F)(F)F)cc1NC(=O)COc1cccc(Cl)c1Cl. The van der Waals surface area contributed by atoms with Crippen molar-refractivity contribution in [2.75, 3.05) is 32.2 Å². The Labute approximate surface area is 169 Å². The third-order valence-electron chi connectivity index (χ3n) is 3.40. The van der Waals surface area contributed by atoms with Gasteiger partial charge in [-0.2, -0.15) is 13.2 Å². The van der Waals surface area contributed by atoms with Gasteiger partial charge in [0.2, 0.25) is 0 Å². The van der Waals surface area contributed by atoms with Gasteiger partial charge in [0, 0.05) is 7.11 Å². The van der Waals surface area contributed by atoms with Gasteiger partial charge in [-0.1, -0.05) is 29.3 Å². The van der Waals surface area contributed by atoms with Crippen LogP contribution in [0, 0.1) is 0 Å². The zero-order valence-corrected chi connectivity index (χ0v) is 16.1. The van der Waals surface area contributed by atoms with Gasteiger partial charge in [-0.25, -0.2) is 0 Å². The molecule has 0 fully saturated rings. The van der Waals surface area contributed by atoms with Gasteiger partial charge in [-0.15, -0.1) is 0 Å². The van der Waals surface area contributed by atoms with E-state index in [-0.39, 0.29) is 40.4 Å². The zero-order chi connectivity index (χ0) is 20.7. The van der Waals surface area contributed by atoms with E-state index in [0.717, 1.165) is 18.2 Å². The summed E-state index contributed by atoms with van der Waals surface area (Å²) in [4.78, 5) is 12.2. The molecule has 2 rings (SSSR count). The van der Waals surface area contributed by atoms with Crippen LogP contribution in [-0.4, -0.2) is 32.8 Å². The minimum Gasteiger partial charge on any atom is -0.489 e. The molecule has 0 aliphatic carbocycles. The van der Waals surface area contributed by atoms with Crippen molar-refractivity contribution in [2.24, 2.45) is 0 Å². The highest BCUT2D eigenvalue weighted by Gasteiger charge is 2.31. The molecule has 152 valence electrons. The Balaban J connectivity index is 2.12. The van der Waals surface area contributed by atoms with Crippen LogP contribution in [0.15, 0.2) is 36.4 Å². The second kappa shape index (κ2) is 9.86. The van der Waals surface area contributed by atoms with Crippen molar-refractivity contribution in [3.05, 3.63) is 52.0 Å². The van der Waals surface area contributed by atoms with Crippen molar-refractivity contribution < 1.29 is 32.2 Å². The zero-order valence-electron chi connectivity index (χ0n) is 14.6. The van der Waals surface area contributed by atoms with Crippen LogP contribution in [0.4, 0.5) is 18.9 Å². The van der Waals surface area contributed by atoms with Gasteiger partial charge in [0.05, 0.1) is 22.9 Å². The average Bonchev–Trinajstić information content (AvgIpc) is 2.63. The number of hydrogen-bond acceptors (Lipinski definition) is 4. The van der Waals surface area contributed by atoms with Gasteiger partial charge in [-0.3, -0.25) is 4.79 Å². The molecule has 0 aliphatic heterocycles. The first kappa shape index (κ1) is 22.1. The number of alkyl halides is 3. The third-order valence-corrected chi connectivity index (χ3v) is 4.20. The molecule has 0 atom stereocenters. The number of methoxy groups -OCH3 is 1. The molecule has 0 aliphatic rings. The molecule has 0 saturated carbocycles. The maximum absolute atomic E-state index is 13.0. The number of carbonyl (C=O) groups excluding carboxylic acids is 1. The number of carbonyl (C=O) groups is 1. The molecule has 2 aromatic rings. The van der Waals surface area contributed by atoms with E-state index in [1.165, 1.54) is 13.2 Å². The lowest BCUT2D eigenvalue weighted by atomic mass is 10.1. The first-order valence-corrected chi connectivity index (χ1v) is 8.67. The quantitative estimate of drug-likeness (QED) is 0.586. The Morgan fingerprint density at radius 2 is 1.82 bits per heavy atom. The monoisotopic (exact) mass is 437 g/mol. The molecule has 28 heavy (non-hydrogen) atoms. The highest BCUT2D eigenvalue weighted by atomic mass is 35.5. The van der Waals surface area contributed by atoms with Crippen LogP contribution in [0.1, 0.15) is 5.56 Å². The summed E-state index contributed by atoms with van der Waals surface area (Å²) >= 11 is 11.8. The van der Waals surface area contributed by atoms with Gasteiger partial charge in [0.15, 0.2) is 6.61 Å². The summed E-state index contributed by atoms with van der Waals surface area (Å²) in [5, 5.41) is 2.72. The second-order valence-electron chi connectivity index (χ2n) is 5.44. The standard InChI is InChI=1S/C18H16Cl2F3NO4/c1-26-7-8-27-14-6-5-11(18(21,22)23)9-13(14)24-16(25)10-28-15-4-2-3-12(19)17(15)20/h2-6,9H,7-8,10H2,1H3,(H,24,25). The Kier molecular flexibility index (Phi) is 7.79. The maximum atomic E-state index is 13.0. The number of ether oxygens (including phenoxy) is 3. The smallest absolute Gasteiger partial charge is 0.416 e. The fraction of sp³-hybridized carbons (Fsp3) is 0.278. The Hall–Kier alpha value is -2.16. The second-order valence-corrected chi connectivity index (χ2v) is 6.22. The van der Waals surface area contributed by atoms with Crippen molar-refractivity contribution in [1.82, 2.24) is 0 Å². The molecule has 0 radical (unpaired) electrons. The van der Waals surface area contributed by atoms with Gasteiger partial charge in [0.1, 0.15) is 23.1 Å². The first-order chi connectivity index (χ1) is 13.2. The van der Waals surface area contributed by atoms with Crippen LogP contribution in [-0.2, 0) is 15.7 Å². The largest absolute Gasteiger partial charge is 0.489 e. The van der Waals surface area contributed by atoms with Gasteiger partial charge < -0.3 is 19.5 Å². The van der Waals surface area contributed by atoms with Crippen LogP contribution in [0.2, 0.25) is 10.0 Å². The van der Waals surface area contributed by atoms with Crippen molar-refractivity contribution in [1.29, 1.82) is 0 Å². The third kappa shape index (κ3) is 6.19. The lowest BCUT2D eigenvalue weighted by Gasteiger charge is -2.15. The Morgan fingerprint density at radius 1 is 1.07 bits per heavy atom. The predicted molar refractivity (Wildman–Crippen MR) is 99.4 cm³/mol. The Bertz CT molecular complexity index is 831. The van der Waals surface area contributed by atoms with Crippen LogP contribution < -0.4 is 14.8 Å². The van der Waals surface area contributed by atoms with Gasteiger partial charge in [0.25, 0.3) is 5.91 Å². The van der Waals surface area contributed by atoms with E-state index in [0.29, 0.717) is 0 Å². The van der Waals surface area contributed by atoms with Crippen molar-refractivity contribution in [3.8, 4) is 11.5 Å². The van der Waals surface area contributed by atoms with E-state index in [1.807, 2.05) is 0 Å². The van der Waals surface area contributed by atoms with E-state index in [2.05, 4.69) is 5.32 Å². The van der Waals surface area contributed by atoms with Crippen LogP contribution in [0.3, 0.4) is 0 Å². The first-order valence-electron chi connectivity index (χ1n) is 7.92. The minimum absolute atomic E-state index is 0.0687. The average molecular weight is 438 g/mol. The van der Waals surface area contributed by atoms with Crippen LogP contribution in [0.5, 0.6) is 11.5 Å². The number of benzene rings is 2. The van der Waals surface area contributed by atoms with Gasteiger partial charge >= 0.3 is 6.18 Å². The molecule has 1 amide bonds. The molecule has 1 N–H and O–H groups in total. The number of nitrogens with one attached hydrogen (secondary N) is 1. The molecule has 10 heteroatoms. The molecule has 0 bridgehead atoms. The number of halogens is 5. The normalized spacial score (nSPS) is 11.2. The summed E-state index contributed by atoms with van der Waals surface area (Å²) in [6.07, 6.45) is -4.57. The molecule has 0 spiro atoms. The number of amides is 1. The van der Waals surface area contributed by atoms with Crippen molar-refractivity contribution in [3.63, 3.8) is 0 Å². The number of anilines is 1. The van der Waals surface area contributed by atoms with Crippen LogP contribution >= 0.6 is 23.2 Å². The Morgan fingerprint density at radius 3 is 2.50 bits per heavy atom. The predicted octanol–water partition coefficient (Wildman–Crippen LogP) is 5.05. The summed E-state index contributed by atoms with van der Waals surface area (Å²) in [5.74, 6) is -0.462. The van der Waals surface area contributed by atoms with Crippen LogP contribution in [0.25, 0.3) is 0 Å². The molecule has 0 heterocycles. The molecular weight excluding hydrogens is 422 g/mol. The van der Waals surface area contributed by atoms with Crippen molar-refractivity contribution >= 4 is 34.8 Å². The molecule has 0 saturated heterocycles. The number of hydrogen-bond donors (Lipinski definition) is 1. The lowest BCUT2D eigenvalue weighted by molar-refractivity contribution is -0.137. The summed E-state index contributed by atoms with van der Waals surface area (Å²) < 4.78 is 54.4. The minimum atomic E-state index is -4.57. The van der Waals surface area contributed by atoms with Gasteiger partial charge in [-0.05, 0) is 30.3 Å². The highest BCUT2D eigenvalue weighted by molar-refractivity contribution is 6.42. The fourth-order valence-corrected chi connectivity index (χ4v) is 2.44. The van der Waals surface area contributed by atoms with E-state index in [4.69, 9.17) is 37.4 Å². The molecular formula is C18H16Cl2F3NO4. The summed E-state index contributed by atoms with van der Waals surface area (Å²) in [7, 11) is 1.46. The molecule has 0 unspecified atom stereocenters. The maximum Gasteiger partial charge on any atom is 0.416 e. The summed E-state index contributed by atoms with van der Waals surface area (Å²) in [6, 6.07) is 7.40. The topological polar surface area (TPSA) is 56.8 Å². The number of rotatable bonds is 8. The lowest BCUT2D eigenvalue weighted by Crippen LogP contribution is -2.21. The summed E-state index contributed by atoms with van der Waals surface area (Å²) in [6.45, 7) is -0.169. The van der Waals surface area contributed by atoms with E-state index >= 15 is 0 Å². The molecule has 5 nitrogen and oxygen atoms in total. The van der Waals surface area contributed by atoms with Crippen molar-refractivity contribution in [2.45, 2.75) is 6.18 Å². The van der Waals surface area contributed by atoms with E-state index < -0.39 is 24.3 Å². The fourth-order valence-electron chi connectivity index (χ4n) is 2.09. The van der Waals surface area contributed by atoms with E-state index in [9.17, 15) is 18.0 Å². The van der Waals surface area contributed by atoms with E-state index in [1.54, 1.807) is 12.1 Å². The molecule has 0 aromatic heterocycles. The molecule has 2 aromatic carbocycles. The summed E-state index contributed by atoms with van der Waals surface area (Å²) in [5.41, 5.74) is -1.07. The highest BCUT2D eigenvalue weighted by Crippen LogP contribution is 2.35.